The van der Waals surface area contributed by atoms with Crippen molar-refractivity contribution in [3.63, 3.8) is 0 Å². The summed E-state index contributed by atoms with van der Waals surface area (Å²) < 4.78 is 11.3. The van der Waals surface area contributed by atoms with Crippen LogP contribution in [0, 0.1) is 6.92 Å². The molecule has 11 nitrogen and oxygen atoms in total. The third-order valence-corrected chi connectivity index (χ3v) is 7.32. The molecule has 0 aromatic heterocycles. The molecular formula is C30H35N5O6. The highest BCUT2D eigenvalue weighted by molar-refractivity contribution is 5.99. The Hall–Kier alpha value is -4.32. The minimum atomic E-state index is -0.793. The molecule has 4 N–H and O–H groups in total. The highest BCUT2D eigenvalue weighted by Gasteiger charge is 2.37. The molecule has 2 amide bonds. The summed E-state index contributed by atoms with van der Waals surface area (Å²) in [4.78, 5) is 30.0. The fourth-order valence-electron chi connectivity index (χ4n) is 5.07. The summed E-state index contributed by atoms with van der Waals surface area (Å²) in [6.07, 6.45) is 0. The topological polar surface area (TPSA) is 127 Å². The normalized spacial score (nSPS) is 17.4. The summed E-state index contributed by atoms with van der Waals surface area (Å²) in [5, 5.41) is 22.8. The van der Waals surface area contributed by atoms with Crippen molar-refractivity contribution in [2.24, 2.45) is 0 Å². The Morgan fingerprint density at radius 3 is 2.63 bits per heavy atom. The molecule has 2 aliphatic rings. The molecule has 2 fully saturated rings. The zero-order valence-corrected chi connectivity index (χ0v) is 23.2. The average Bonchev–Trinajstić information content (AvgIpc) is 3.34. The molecule has 0 saturated carbocycles. The Balaban J connectivity index is 1.29. The fourth-order valence-corrected chi connectivity index (χ4v) is 5.07. The number of aryl methyl sites for hydroxylation is 1. The number of hydrogen-bond donors (Lipinski definition) is 4. The van der Waals surface area contributed by atoms with Crippen LogP contribution in [-0.4, -0.2) is 78.3 Å². The number of morpholine rings is 1. The molecule has 3 aromatic carbocycles. The maximum atomic E-state index is 13.5. The van der Waals surface area contributed by atoms with Crippen LogP contribution in [0.5, 0.6) is 17.2 Å². The predicted octanol–water partition coefficient (Wildman–Crippen LogP) is 2.49. The van der Waals surface area contributed by atoms with Gasteiger partial charge in [-0.25, -0.2) is 0 Å². The van der Waals surface area contributed by atoms with E-state index in [1.165, 1.54) is 16.0 Å². The number of phenolic OH excluding ortho intramolecular Hbond substituents is 2. The summed E-state index contributed by atoms with van der Waals surface area (Å²) in [7, 11) is 1.63. The quantitative estimate of drug-likeness (QED) is 0.312. The first-order chi connectivity index (χ1) is 19.8. The van der Waals surface area contributed by atoms with E-state index in [9.17, 15) is 19.8 Å². The van der Waals surface area contributed by atoms with E-state index in [0.29, 0.717) is 12.4 Å². The largest absolute Gasteiger partial charge is 0.507 e. The van der Waals surface area contributed by atoms with Crippen LogP contribution in [0.3, 0.4) is 0 Å². The molecule has 2 saturated heterocycles. The molecule has 2 aliphatic heterocycles. The SMILES string of the molecule is Cc1ccccc1C1C(=O)NNN1c1cc(C(=O)N(C)Cc2cccc(OCCN3CCOCC3)c2)c(O)cc1O. The molecule has 216 valence electrons. The van der Waals surface area contributed by atoms with Crippen molar-refractivity contribution in [3.05, 3.63) is 82.9 Å². The van der Waals surface area contributed by atoms with Gasteiger partial charge >= 0.3 is 0 Å². The van der Waals surface area contributed by atoms with Crippen LogP contribution in [0.1, 0.15) is 33.1 Å². The van der Waals surface area contributed by atoms with Crippen LogP contribution >= 0.6 is 0 Å². The molecular weight excluding hydrogens is 526 g/mol. The standard InChI is InChI=1S/C30H35N5O6/c1-20-6-3-4-9-23(20)28-29(38)31-32-35(28)25-17-24(26(36)18-27(25)37)30(39)33(2)19-21-7-5-8-22(16-21)41-15-12-34-10-13-40-14-11-34/h3-9,16-18,28,32,36-37H,10-15,19H2,1-2H3,(H,31,38). The zero-order chi connectivity index (χ0) is 28.9. The van der Waals surface area contributed by atoms with Gasteiger partial charge < -0.3 is 24.6 Å². The number of benzene rings is 3. The number of amides is 2. The summed E-state index contributed by atoms with van der Waals surface area (Å²) in [5.41, 5.74) is 8.00. The number of anilines is 1. The van der Waals surface area contributed by atoms with Gasteiger partial charge in [-0.15, -0.1) is 5.53 Å². The number of hydrazine groups is 2. The fraction of sp³-hybridized carbons (Fsp3) is 0.333. The zero-order valence-electron chi connectivity index (χ0n) is 23.2. The van der Waals surface area contributed by atoms with Gasteiger partial charge in [0.2, 0.25) is 0 Å². The summed E-state index contributed by atoms with van der Waals surface area (Å²) in [5.74, 6) is -0.705. The maximum Gasteiger partial charge on any atom is 0.264 e. The molecule has 0 spiro atoms. The lowest BCUT2D eigenvalue weighted by molar-refractivity contribution is -0.120. The molecule has 0 radical (unpaired) electrons. The average molecular weight is 562 g/mol. The van der Waals surface area contributed by atoms with Crippen molar-refractivity contribution >= 4 is 17.5 Å². The third-order valence-electron chi connectivity index (χ3n) is 7.32. The third kappa shape index (κ3) is 6.37. The number of aromatic hydroxyl groups is 2. The summed E-state index contributed by atoms with van der Waals surface area (Å²) >= 11 is 0. The lowest BCUT2D eigenvalue weighted by atomic mass is 10.00. The van der Waals surface area contributed by atoms with Crippen LogP contribution < -0.4 is 20.7 Å². The lowest BCUT2D eigenvalue weighted by Crippen LogP contribution is -2.38. The molecule has 1 atom stereocenters. The van der Waals surface area contributed by atoms with E-state index in [1.54, 1.807) is 7.05 Å². The molecule has 5 rings (SSSR count). The first-order valence-corrected chi connectivity index (χ1v) is 13.6. The van der Waals surface area contributed by atoms with E-state index in [1.807, 2.05) is 55.5 Å². The molecule has 1 unspecified atom stereocenters. The van der Waals surface area contributed by atoms with Crippen LogP contribution in [0.2, 0.25) is 0 Å². The lowest BCUT2D eigenvalue weighted by Gasteiger charge is -2.26. The molecule has 41 heavy (non-hydrogen) atoms. The van der Waals surface area contributed by atoms with Crippen molar-refractivity contribution < 1.29 is 29.3 Å². The maximum absolute atomic E-state index is 13.5. The number of rotatable bonds is 9. The van der Waals surface area contributed by atoms with Crippen molar-refractivity contribution in [1.82, 2.24) is 20.8 Å². The van der Waals surface area contributed by atoms with E-state index in [-0.39, 0.29) is 35.2 Å². The number of ether oxygens (including phenoxy) is 2. The number of hydrogen-bond acceptors (Lipinski definition) is 9. The Morgan fingerprint density at radius 2 is 1.85 bits per heavy atom. The van der Waals surface area contributed by atoms with Crippen LogP contribution in [0.15, 0.2) is 60.7 Å². The number of nitrogens with one attached hydrogen (secondary N) is 2. The second kappa shape index (κ2) is 12.5. The van der Waals surface area contributed by atoms with E-state index >= 15 is 0 Å². The van der Waals surface area contributed by atoms with E-state index < -0.39 is 11.9 Å². The molecule has 3 aromatic rings. The van der Waals surface area contributed by atoms with Gasteiger partial charge in [-0.1, -0.05) is 36.4 Å². The van der Waals surface area contributed by atoms with Gasteiger partial charge in [-0.05, 0) is 41.8 Å². The second-order valence-electron chi connectivity index (χ2n) is 10.2. The van der Waals surface area contributed by atoms with E-state index in [4.69, 9.17) is 9.47 Å². The minimum Gasteiger partial charge on any atom is -0.507 e. The van der Waals surface area contributed by atoms with Crippen LogP contribution in [0.25, 0.3) is 0 Å². The Labute approximate surface area is 238 Å². The monoisotopic (exact) mass is 561 g/mol. The van der Waals surface area contributed by atoms with Crippen molar-refractivity contribution in [2.45, 2.75) is 19.5 Å². The Bertz CT molecular complexity index is 1410. The van der Waals surface area contributed by atoms with Crippen LogP contribution in [-0.2, 0) is 16.1 Å². The van der Waals surface area contributed by atoms with Gasteiger partial charge in [0.1, 0.15) is 23.9 Å². The van der Waals surface area contributed by atoms with Crippen LogP contribution in [0.4, 0.5) is 5.69 Å². The first kappa shape index (κ1) is 28.2. The van der Waals surface area contributed by atoms with Crippen molar-refractivity contribution in [3.8, 4) is 17.2 Å². The molecule has 2 heterocycles. The highest BCUT2D eigenvalue weighted by atomic mass is 16.5. The molecule has 0 bridgehead atoms. The summed E-state index contributed by atoms with van der Waals surface area (Å²) in [6.45, 7) is 6.80. The van der Waals surface area contributed by atoms with Gasteiger partial charge in [-0.2, -0.15) is 0 Å². The van der Waals surface area contributed by atoms with E-state index in [2.05, 4.69) is 15.9 Å². The number of carbonyl (C=O) groups is 2. The molecule has 0 aliphatic carbocycles. The Morgan fingerprint density at radius 1 is 1.07 bits per heavy atom. The van der Waals surface area contributed by atoms with Gasteiger partial charge in [0.05, 0.1) is 24.5 Å². The summed E-state index contributed by atoms with van der Waals surface area (Å²) in [6, 6.07) is 16.7. The first-order valence-electron chi connectivity index (χ1n) is 13.6. The highest BCUT2D eigenvalue weighted by Crippen LogP contribution is 2.39. The smallest absolute Gasteiger partial charge is 0.264 e. The van der Waals surface area contributed by atoms with Gasteiger partial charge in [-0.3, -0.25) is 24.9 Å². The predicted molar refractivity (Wildman–Crippen MR) is 152 cm³/mol. The van der Waals surface area contributed by atoms with Gasteiger partial charge in [0.25, 0.3) is 11.8 Å². The van der Waals surface area contributed by atoms with E-state index in [0.717, 1.165) is 55.6 Å². The van der Waals surface area contributed by atoms with Crippen molar-refractivity contribution in [1.29, 1.82) is 0 Å². The van der Waals surface area contributed by atoms with Gasteiger partial charge in [0.15, 0.2) is 6.04 Å². The number of nitrogens with zero attached hydrogens (tertiary/aromatic N) is 3. The van der Waals surface area contributed by atoms with Gasteiger partial charge in [0, 0.05) is 39.3 Å². The van der Waals surface area contributed by atoms with Crippen molar-refractivity contribution in [2.75, 3.05) is 51.5 Å². The Kier molecular flexibility index (Phi) is 8.58. The number of phenols is 2. The molecule has 11 heteroatoms. The number of carbonyl (C=O) groups excluding carboxylic acids is 2. The minimum absolute atomic E-state index is 0.0112. The second-order valence-corrected chi connectivity index (χ2v) is 10.2.